The third kappa shape index (κ3) is 72.9. The quantitative estimate of drug-likeness (QED) is 0.356. The van der Waals surface area contributed by atoms with Crippen LogP contribution in [0.5, 0.6) is 0 Å². The first-order chi connectivity index (χ1) is 2.00. The van der Waals surface area contributed by atoms with Gasteiger partial charge in [-0.15, -0.1) is 0 Å². The first kappa shape index (κ1) is 16.0. The molecule has 4 nitrogen and oxygen atoms in total. The van der Waals surface area contributed by atoms with Gasteiger partial charge in [0.15, 0.2) is 0 Å². The minimum atomic E-state index is -5.00. The Morgan fingerprint density at radius 2 is 0.857 bits per heavy atom. The molecule has 40 valence electrons. The molecule has 0 aliphatic carbocycles. The molecule has 0 aliphatic heterocycles. The summed E-state index contributed by atoms with van der Waals surface area (Å²) in [6.45, 7) is 0. The van der Waals surface area contributed by atoms with Crippen molar-refractivity contribution >= 4 is 23.9 Å². The van der Waals surface area contributed by atoms with Crippen LogP contribution in [-0.2, 0) is 37.6 Å². The van der Waals surface area contributed by atoms with Gasteiger partial charge in [0, 0.05) is 19.5 Å². The Bertz CT molecular complexity index is 27.2. The summed E-state index contributed by atoms with van der Waals surface area (Å²) in [5.74, 6) is 0. The number of hydrogen-bond acceptors (Lipinski definition) is 4. The van der Waals surface area contributed by atoms with Crippen LogP contribution in [0.15, 0.2) is 0 Å². The van der Waals surface area contributed by atoms with E-state index in [2.05, 4.69) is 0 Å². The molecule has 0 amide bonds. The Balaban J connectivity index is -0.0000000800. The molecule has 0 bridgehead atoms. The molecular weight excluding hydrogens is 296 g/mol. The fourth-order valence-electron chi connectivity index (χ4n) is 0. The van der Waals surface area contributed by atoms with Crippen molar-refractivity contribution in [2.24, 2.45) is 0 Å². The molecule has 7 heteroatoms. The van der Waals surface area contributed by atoms with Crippen LogP contribution < -0.4 is 0 Å². The Morgan fingerprint density at radius 3 is 0.857 bits per heavy atom. The van der Waals surface area contributed by atoms with Crippen LogP contribution in [0.1, 0.15) is 0 Å². The largest absolute Gasteiger partial charge is 0 e. The number of hydrogen-bond donors (Lipinski definition) is 4. The van der Waals surface area contributed by atoms with E-state index in [0.29, 0.717) is 0 Å². The average Bonchev–Trinajstić information content (AvgIpc) is 0.722. The Morgan fingerprint density at radius 1 is 0.857 bits per heavy atom. The van der Waals surface area contributed by atoms with Gasteiger partial charge in [0.25, 0.3) is 0 Å². The van der Waals surface area contributed by atoms with Crippen molar-refractivity contribution in [1.29, 1.82) is 0 Å². The summed E-state index contributed by atoms with van der Waals surface area (Å²) in [5.41, 5.74) is 0. The average molecular weight is 302 g/mol. The van der Waals surface area contributed by atoms with Crippen molar-refractivity contribution in [2.75, 3.05) is 0 Å². The zero-order valence-electron chi connectivity index (χ0n) is 3.70. The summed E-state index contributed by atoms with van der Waals surface area (Å²) in [7, 11) is 0. The molecule has 0 saturated heterocycles. The minimum Gasteiger partial charge on any atom is 0 e. The zero-order chi connectivity index (χ0) is 4.50. The van der Waals surface area contributed by atoms with E-state index in [1.54, 1.807) is 0 Å². The molecule has 0 saturated carbocycles. The molecule has 0 fully saturated rings. The maximum absolute atomic E-state index is 7.38. The third-order valence-corrected chi connectivity index (χ3v) is 0. The molecule has 0 heterocycles. The third-order valence-electron chi connectivity index (χ3n) is 0. The Kier molecular flexibility index (Phi) is 13.9. The summed E-state index contributed by atoms with van der Waals surface area (Å²) < 4.78 is 29.5. The van der Waals surface area contributed by atoms with Gasteiger partial charge in [-0.1, -0.05) is 0 Å². The summed E-state index contributed by atoms with van der Waals surface area (Å²) >= 11 is -5.00. The summed E-state index contributed by atoms with van der Waals surface area (Å²) in [5, 5.41) is 0. The van der Waals surface area contributed by atoms with Crippen LogP contribution in [0, 0.1) is 0 Å². The molecule has 4 N–H and O–H groups in total. The summed E-state index contributed by atoms with van der Waals surface area (Å²) in [6, 6.07) is 0. The maximum Gasteiger partial charge on any atom is 0 e. The first-order valence-electron chi connectivity index (χ1n) is 0.894. The van der Waals surface area contributed by atoms with Crippen molar-refractivity contribution in [3.8, 4) is 0 Å². The van der Waals surface area contributed by atoms with Gasteiger partial charge in [-0.2, -0.15) is 0 Å². The van der Waals surface area contributed by atoms with E-state index in [0.717, 1.165) is 0 Å². The SMILES string of the molecule is [OH][Ti]([OH])([OH])[OH].[SnH2].[Zn]. The van der Waals surface area contributed by atoms with Crippen molar-refractivity contribution in [3.05, 3.63) is 0 Å². The fourth-order valence-corrected chi connectivity index (χ4v) is 0. The van der Waals surface area contributed by atoms with E-state index in [1.165, 1.54) is 0 Å². The van der Waals surface area contributed by atoms with Crippen LogP contribution in [0.2, 0.25) is 0 Å². The smallest absolute Gasteiger partial charge is 0 e. The second-order valence-corrected chi connectivity index (χ2v) is 2.47. The molecule has 0 unspecified atom stereocenters. The van der Waals surface area contributed by atoms with E-state index in [9.17, 15) is 0 Å². The van der Waals surface area contributed by atoms with Crippen LogP contribution in [-0.4, -0.2) is 38.7 Å². The van der Waals surface area contributed by atoms with Crippen LogP contribution in [0.3, 0.4) is 0 Å². The fraction of sp³-hybridized carbons (Fsp3) is 0. The summed E-state index contributed by atoms with van der Waals surface area (Å²) in [4.78, 5) is 0. The van der Waals surface area contributed by atoms with E-state index in [4.69, 9.17) is 14.8 Å². The van der Waals surface area contributed by atoms with Crippen molar-refractivity contribution in [3.63, 3.8) is 0 Å². The van der Waals surface area contributed by atoms with Crippen LogP contribution in [0.4, 0.5) is 0 Å². The van der Waals surface area contributed by atoms with Gasteiger partial charge in [0.05, 0.1) is 0 Å². The molecule has 0 aromatic carbocycles. The molecule has 0 aromatic rings. The molecule has 7 heavy (non-hydrogen) atoms. The predicted octanol–water partition coefficient (Wildman–Crippen LogP) is -3.15. The molecule has 0 aliphatic rings. The van der Waals surface area contributed by atoms with Gasteiger partial charge >= 0.3 is 56.8 Å². The van der Waals surface area contributed by atoms with Gasteiger partial charge in [0.2, 0.25) is 0 Å². The Labute approximate surface area is 75.5 Å². The van der Waals surface area contributed by atoms with E-state index in [-0.39, 0.29) is 43.4 Å². The van der Waals surface area contributed by atoms with Gasteiger partial charge < -0.3 is 0 Å². The van der Waals surface area contributed by atoms with Gasteiger partial charge in [-0.05, 0) is 0 Å². The summed E-state index contributed by atoms with van der Waals surface area (Å²) in [6.07, 6.45) is 0. The molecular formula is H6O4SnTiZn. The van der Waals surface area contributed by atoms with E-state index in [1.807, 2.05) is 0 Å². The van der Waals surface area contributed by atoms with Crippen molar-refractivity contribution < 1.29 is 52.4 Å². The number of rotatable bonds is 0. The predicted molar refractivity (Wildman–Crippen MR) is 17.4 cm³/mol. The topological polar surface area (TPSA) is 80.9 Å². The van der Waals surface area contributed by atoms with Gasteiger partial charge in [0.1, 0.15) is 0 Å². The van der Waals surface area contributed by atoms with Crippen LogP contribution in [0.25, 0.3) is 0 Å². The van der Waals surface area contributed by atoms with Crippen molar-refractivity contribution in [2.45, 2.75) is 0 Å². The van der Waals surface area contributed by atoms with E-state index >= 15 is 0 Å². The minimum absolute atomic E-state index is 0. The normalized spacial score (nSPS) is 8.57. The molecule has 0 rings (SSSR count). The maximum atomic E-state index is 7.38. The first-order valence-corrected chi connectivity index (χ1v) is 3.69. The molecule has 2 radical (unpaired) electrons. The zero-order valence-corrected chi connectivity index (χ0v) is 12.3. The standard InChI is InChI=1S/4H2O.Sn.Ti.Zn.2H/h4*1H2;;;;;/q;;;;;+4;;;/p-4. The van der Waals surface area contributed by atoms with Gasteiger partial charge in [-0.25, -0.2) is 0 Å². The van der Waals surface area contributed by atoms with Crippen LogP contribution >= 0.6 is 0 Å². The second-order valence-electron chi connectivity index (χ2n) is 0.600. The van der Waals surface area contributed by atoms with Gasteiger partial charge in [-0.3, -0.25) is 0 Å². The second kappa shape index (κ2) is 6.10. The molecule has 0 spiro atoms. The van der Waals surface area contributed by atoms with Crippen molar-refractivity contribution in [1.82, 2.24) is 0 Å². The molecule has 0 atom stereocenters. The Hall–Kier alpha value is 1.98. The van der Waals surface area contributed by atoms with E-state index < -0.39 is 18.1 Å². The molecule has 0 aromatic heterocycles. The monoisotopic (exact) mass is 302 g/mol.